The lowest BCUT2D eigenvalue weighted by Crippen LogP contribution is -2.32. The van der Waals surface area contributed by atoms with Crippen molar-refractivity contribution in [2.24, 2.45) is 0 Å². The summed E-state index contributed by atoms with van der Waals surface area (Å²) in [5, 5.41) is 3.62. The van der Waals surface area contributed by atoms with Crippen LogP contribution in [0, 0.1) is 5.82 Å². The summed E-state index contributed by atoms with van der Waals surface area (Å²) in [6.07, 6.45) is 0. The van der Waals surface area contributed by atoms with Gasteiger partial charge in [0.1, 0.15) is 17.3 Å². The molecule has 1 aliphatic rings. The first-order chi connectivity index (χ1) is 15.0. The highest BCUT2D eigenvalue weighted by Crippen LogP contribution is 2.32. The number of rotatable bonds is 6. The Kier molecular flexibility index (Phi) is 5.73. The zero-order valence-electron chi connectivity index (χ0n) is 16.6. The summed E-state index contributed by atoms with van der Waals surface area (Å²) in [6.45, 7) is 0.0906. The molecule has 1 N–H and O–H groups in total. The van der Waals surface area contributed by atoms with Gasteiger partial charge >= 0.3 is 0 Å². The maximum atomic E-state index is 13.4. The molecule has 0 fully saturated rings. The van der Waals surface area contributed by atoms with Crippen LogP contribution >= 0.6 is 11.6 Å². The van der Waals surface area contributed by atoms with E-state index in [-0.39, 0.29) is 17.8 Å². The molecule has 4 rings (SSSR count). The molecule has 3 aromatic rings. The maximum absolute atomic E-state index is 13.4. The van der Waals surface area contributed by atoms with Crippen LogP contribution in [0.15, 0.2) is 78.5 Å². The van der Waals surface area contributed by atoms with E-state index in [9.17, 15) is 14.0 Å². The summed E-state index contributed by atoms with van der Waals surface area (Å²) in [6, 6.07) is 19.4. The number of halogens is 2. The van der Waals surface area contributed by atoms with E-state index in [0.29, 0.717) is 22.0 Å². The Morgan fingerprint density at radius 2 is 1.55 bits per heavy atom. The van der Waals surface area contributed by atoms with Gasteiger partial charge in [-0.2, -0.15) is 0 Å². The van der Waals surface area contributed by atoms with Crippen LogP contribution in [0.1, 0.15) is 11.1 Å². The fraction of sp³-hybridized carbons (Fsp3) is 0.0833. The van der Waals surface area contributed by atoms with Crippen molar-refractivity contribution < 1.29 is 18.7 Å². The first-order valence-electron chi connectivity index (χ1n) is 9.48. The second kappa shape index (κ2) is 8.62. The molecule has 5 nitrogen and oxygen atoms in total. The van der Waals surface area contributed by atoms with Gasteiger partial charge in [-0.25, -0.2) is 4.39 Å². The van der Waals surface area contributed by atoms with Crippen LogP contribution in [0.3, 0.4) is 0 Å². The predicted molar refractivity (Wildman–Crippen MR) is 117 cm³/mol. The molecule has 0 radical (unpaired) electrons. The third kappa shape index (κ3) is 4.29. The minimum atomic E-state index is -0.463. The molecular formula is C24H18ClFN2O3. The Morgan fingerprint density at radius 3 is 2.16 bits per heavy atom. The van der Waals surface area contributed by atoms with Crippen LogP contribution in [0.4, 0.5) is 10.1 Å². The van der Waals surface area contributed by atoms with Crippen LogP contribution < -0.4 is 10.1 Å². The molecule has 0 aliphatic carbocycles. The maximum Gasteiger partial charge on any atom is 0.278 e. The molecular weight excluding hydrogens is 419 g/mol. The van der Waals surface area contributed by atoms with Crippen molar-refractivity contribution in [1.29, 1.82) is 0 Å². The van der Waals surface area contributed by atoms with Crippen molar-refractivity contribution in [2.75, 3.05) is 12.4 Å². The average molecular weight is 437 g/mol. The first-order valence-corrected chi connectivity index (χ1v) is 9.86. The summed E-state index contributed by atoms with van der Waals surface area (Å²) in [5.74, 6) is -0.682. The second-order valence-electron chi connectivity index (χ2n) is 6.93. The fourth-order valence-electron chi connectivity index (χ4n) is 3.31. The number of amides is 2. The normalized spacial score (nSPS) is 13.7. The van der Waals surface area contributed by atoms with Crippen LogP contribution in [0.2, 0.25) is 5.02 Å². The van der Waals surface area contributed by atoms with Gasteiger partial charge in [0.25, 0.3) is 11.8 Å². The zero-order valence-corrected chi connectivity index (χ0v) is 17.3. The van der Waals surface area contributed by atoms with Crippen molar-refractivity contribution >= 4 is 34.7 Å². The lowest BCUT2D eigenvalue weighted by molar-refractivity contribution is -0.137. The highest BCUT2D eigenvalue weighted by molar-refractivity contribution is 6.36. The monoisotopic (exact) mass is 436 g/mol. The number of hydrogen-bond donors (Lipinski definition) is 1. The van der Waals surface area contributed by atoms with Crippen molar-refractivity contribution in [2.45, 2.75) is 6.54 Å². The Labute approximate surface area is 183 Å². The van der Waals surface area contributed by atoms with Crippen molar-refractivity contribution in [3.8, 4) is 5.75 Å². The average Bonchev–Trinajstić information content (AvgIpc) is 3.00. The molecule has 3 aromatic carbocycles. The Morgan fingerprint density at radius 1 is 0.903 bits per heavy atom. The van der Waals surface area contributed by atoms with Crippen LogP contribution in [-0.4, -0.2) is 23.8 Å². The van der Waals surface area contributed by atoms with Crippen LogP contribution in [0.5, 0.6) is 5.75 Å². The summed E-state index contributed by atoms with van der Waals surface area (Å²) >= 11 is 5.93. The predicted octanol–water partition coefficient (Wildman–Crippen LogP) is 4.88. The van der Waals surface area contributed by atoms with Gasteiger partial charge in [-0.15, -0.1) is 0 Å². The smallest absolute Gasteiger partial charge is 0.278 e. The highest BCUT2D eigenvalue weighted by Gasteiger charge is 2.39. The van der Waals surface area contributed by atoms with Gasteiger partial charge in [-0.05, 0) is 59.7 Å². The number of ether oxygens (including phenoxy) is 1. The highest BCUT2D eigenvalue weighted by atomic mass is 35.5. The number of imide groups is 1. The van der Waals surface area contributed by atoms with E-state index in [2.05, 4.69) is 5.32 Å². The van der Waals surface area contributed by atoms with Gasteiger partial charge in [0.05, 0.1) is 19.2 Å². The summed E-state index contributed by atoms with van der Waals surface area (Å²) < 4.78 is 18.6. The third-order valence-electron chi connectivity index (χ3n) is 4.91. The van der Waals surface area contributed by atoms with E-state index in [4.69, 9.17) is 16.3 Å². The number of carbonyl (C=O) groups excluding carboxylic acids is 2. The minimum Gasteiger partial charge on any atom is -0.497 e. The molecule has 0 saturated carbocycles. The molecule has 0 bridgehead atoms. The van der Waals surface area contributed by atoms with Crippen molar-refractivity contribution in [1.82, 2.24) is 4.90 Å². The van der Waals surface area contributed by atoms with E-state index < -0.39 is 17.6 Å². The number of methoxy groups -OCH3 is 1. The zero-order chi connectivity index (χ0) is 22.0. The first kappa shape index (κ1) is 20.6. The summed E-state index contributed by atoms with van der Waals surface area (Å²) in [7, 11) is 1.56. The fourth-order valence-corrected chi connectivity index (χ4v) is 3.44. The number of nitrogens with zero attached hydrogens (tertiary/aromatic N) is 1. The number of anilines is 1. The number of hydrogen-bond acceptors (Lipinski definition) is 4. The largest absolute Gasteiger partial charge is 0.497 e. The quantitative estimate of drug-likeness (QED) is 0.559. The van der Waals surface area contributed by atoms with E-state index in [1.165, 1.54) is 24.3 Å². The van der Waals surface area contributed by atoms with Crippen molar-refractivity contribution in [3.05, 3.63) is 100 Å². The van der Waals surface area contributed by atoms with Gasteiger partial charge < -0.3 is 10.1 Å². The van der Waals surface area contributed by atoms with E-state index in [1.807, 2.05) is 0 Å². The van der Waals surface area contributed by atoms with Gasteiger partial charge in [0.2, 0.25) is 0 Å². The second-order valence-corrected chi connectivity index (χ2v) is 7.37. The molecule has 31 heavy (non-hydrogen) atoms. The summed E-state index contributed by atoms with van der Waals surface area (Å²) in [4.78, 5) is 27.6. The molecule has 156 valence electrons. The van der Waals surface area contributed by atoms with Gasteiger partial charge in [-0.3, -0.25) is 14.5 Å². The number of benzene rings is 3. The number of carbonyl (C=O) groups is 2. The van der Waals surface area contributed by atoms with E-state index in [1.54, 1.807) is 55.6 Å². The number of nitrogens with one attached hydrogen (secondary N) is 1. The van der Waals surface area contributed by atoms with Gasteiger partial charge in [-0.1, -0.05) is 35.9 Å². The van der Waals surface area contributed by atoms with Crippen molar-refractivity contribution in [3.63, 3.8) is 0 Å². The minimum absolute atomic E-state index is 0.0906. The molecule has 0 spiro atoms. The molecule has 0 aromatic heterocycles. The lowest BCUT2D eigenvalue weighted by Gasteiger charge is -2.15. The van der Waals surface area contributed by atoms with Gasteiger partial charge in [0.15, 0.2) is 0 Å². The molecule has 1 aliphatic heterocycles. The Hall–Kier alpha value is -3.64. The molecule has 0 saturated heterocycles. The van der Waals surface area contributed by atoms with Crippen LogP contribution in [-0.2, 0) is 16.1 Å². The summed E-state index contributed by atoms with van der Waals surface area (Å²) in [5.41, 5.74) is 2.15. The lowest BCUT2D eigenvalue weighted by atomic mass is 10.0. The van der Waals surface area contributed by atoms with Crippen LogP contribution in [0.25, 0.3) is 5.57 Å². The molecule has 1 heterocycles. The molecule has 2 amide bonds. The molecule has 0 unspecified atom stereocenters. The SMILES string of the molecule is COc1ccc(NC2=C(c3ccc(F)cc3)C(=O)N(Cc3ccc(Cl)cc3)C2=O)cc1. The molecule has 7 heteroatoms. The Bertz CT molecular complexity index is 1160. The standard InChI is InChI=1S/C24H18ClFN2O3/c1-31-20-12-10-19(11-13-20)27-22-21(16-4-8-18(26)9-5-16)23(29)28(24(22)30)14-15-2-6-17(25)7-3-15/h2-13,27H,14H2,1H3. The molecule has 0 atom stereocenters. The van der Waals surface area contributed by atoms with E-state index >= 15 is 0 Å². The van der Waals surface area contributed by atoms with Gasteiger partial charge in [0, 0.05) is 10.7 Å². The third-order valence-corrected chi connectivity index (χ3v) is 5.17. The van der Waals surface area contributed by atoms with E-state index in [0.717, 1.165) is 10.5 Å². The Balaban J connectivity index is 1.71. The topological polar surface area (TPSA) is 58.6 Å².